The van der Waals surface area contributed by atoms with Crippen molar-refractivity contribution in [2.45, 2.75) is 0 Å². The van der Waals surface area contributed by atoms with E-state index in [-0.39, 0.29) is 5.95 Å². The van der Waals surface area contributed by atoms with Gasteiger partial charge in [-0.1, -0.05) is 36.4 Å². The molecule has 4 aromatic rings. The molecule has 0 radical (unpaired) electrons. The standard InChI is InChI=1S/C17H13N5O/c18-17-19-13(9-8-12-5-2-1-3-6-12)11-15-20-16(21-22(15)17)14-7-4-10-23-14/h1-11H,(H2,18,19). The van der Waals surface area contributed by atoms with Crippen LogP contribution in [0.25, 0.3) is 29.4 Å². The van der Waals surface area contributed by atoms with Crippen LogP contribution in [0.2, 0.25) is 0 Å². The van der Waals surface area contributed by atoms with Crippen molar-refractivity contribution in [1.29, 1.82) is 0 Å². The summed E-state index contributed by atoms with van der Waals surface area (Å²) in [6.07, 6.45) is 5.45. The van der Waals surface area contributed by atoms with E-state index in [0.717, 1.165) is 11.3 Å². The molecule has 0 unspecified atom stereocenters. The molecule has 4 rings (SSSR count). The maximum atomic E-state index is 5.98. The third-order valence-corrected chi connectivity index (χ3v) is 3.36. The number of benzene rings is 1. The van der Waals surface area contributed by atoms with Crippen LogP contribution in [0.3, 0.4) is 0 Å². The van der Waals surface area contributed by atoms with Gasteiger partial charge in [0.25, 0.3) is 0 Å². The Balaban J connectivity index is 1.73. The fraction of sp³-hybridized carbons (Fsp3) is 0. The van der Waals surface area contributed by atoms with Crippen LogP contribution in [0.15, 0.2) is 59.2 Å². The monoisotopic (exact) mass is 303 g/mol. The van der Waals surface area contributed by atoms with Crippen LogP contribution in [0.1, 0.15) is 11.3 Å². The van der Waals surface area contributed by atoms with Crippen LogP contribution in [0.5, 0.6) is 0 Å². The van der Waals surface area contributed by atoms with E-state index in [1.807, 2.05) is 48.6 Å². The molecule has 112 valence electrons. The lowest BCUT2D eigenvalue weighted by molar-refractivity contribution is 0.577. The van der Waals surface area contributed by atoms with Gasteiger partial charge in [-0.3, -0.25) is 0 Å². The molecule has 0 aliphatic rings. The molecule has 0 saturated heterocycles. The lowest BCUT2D eigenvalue weighted by atomic mass is 10.2. The van der Waals surface area contributed by atoms with Crippen LogP contribution in [0.4, 0.5) is 5.95 Å². The number of hydrogen-bond donors (Lipinski definition) is 1. The minimum absolute atomic E-state index is 0.278. The van der Waals surface area contributed by atoms with Crippen LogP contribution < -0.4 is 5.73 Å². The van der Waals surface area contributed by atoms with Crippen molar-refractivity contribution in [3.8, 4) is 11.6 Å². The fourth-order valence-corrected chi connectivity index (χ4v) is 2.27. The summed E-state index contributed by atoms with van der Waals surface area (Å²) in [5, 5.41) is 4.31. The van der Waals surface area contributed by atoms with Gasteiger partial charge in [0.05, 0.1) is 12.0 Å². The van der Waals surface area contributed by atoms with Gasteiger partial charge >= 0.3 is 0 Å². The minimum atomic E-state index is 0.278. The van der Waals surface area contributed by atoms with E-state index >= 15 is 0 Å². The van der Waals surface area contributed by atoms with Crippen LogP contribution >= 0.6 is 0 Å². The van der Waals surface area contributed by atoms with Gasteiger partial charge in [0.15, 0.2) is 11.4 Å². The van der Waals surface area contributed by atoms with E-state index in [4.69, 9.17) is 10.2 Å². The SMILES string of the molecule is Nc1nc(C=Cc2ccccc2)cc2nc(-c3ccco3)nn12. The Morgan fingerprint density at radius 2 is 1.87 bits per heavy atom. The van der Waals surface area contributed by atoms with Gasteiger partial charge in [-0.25, -0.2) is 9.97 Å². The topological polar surface area (TPSA) is 82.2 Å². The van der Waals surface area contributed by atoms with Gasteiger partial charge in [0, 0.05) is 6.07 Å². The summed E-state index contributed by atoms with van der Waals surface area (Å²) in [4.78, 5) is 8.77. The first-order valence-corrected chi connectivity index (χ1v) is 7.10. The first kappa shape index (κ1) is 13.3. The maximum absolute atomic E-state index is 5.98. The average molecular weight is 303 g/mol. The molecule has 6 heteroatoms. The van der Waals surface area contributed by atoms with Crippen molar-refractivity contribution in [3.63, 3.8) is 0 Å². The molecule has 0 spiro atoms. The van der Waals surface area contributed by atoms with Crippen LogP contribution in [-0.2, 0) is 0 Å². The summed E-state index contributed by atoms with van der Waals surface area (Å²) in [5.41, 5.74) is 8.41. The van der Waals surface area contributed by atoms with Crippen LogP contribution in [-0.4, -0.2) is 19.6 Å². The largest absolute Gasteiger partial charge is 0.461 e. The molecule has 0 bridgehead atoms. The van der Waals surface area contributed by atoms with Gasteiger partial charge < -0.3 is 10.2 Å². The molecule has 0 aliphatic carbocycles. The highest BCUT2D eigenvalue weighted by molar-refractivity contribution is 5.70. The Hall–Kier alpha value is -3.41. The number of rotatable bonds is 3. The number of nitrogens with two attached hydrogens (primary N) is 1. The Morgan fingerprint density at radius 3 is 2.65 bits per heavy atom. The summed E-state index contributed by atoms with van der Waals surface area (Å²) >= 11 is 0. The zero-order chi connectivity index (χ0) is 15.6. The third-order valence-electron chi connectivity index (χ3n) is 3.36. The lowest BCUT2D eigenvalue weighted by Crippen LogP contribution is -2.02. The van der Waals surface area contributed by atoms with Gasteiger partial charge in [0.1, 0.15) is 0 Å². The van der Waals surface area contributed by atoms with Gasteiger partial charge in [-0.2, -0.15) is 4.52 Å². The zero-order valence-corrected chi connectivity index (χ0v) is 12.1. The van der Waals surface area contributed by atoms with Crippen LogP contribution in [0, 0.1) is 0 Å². The highest BCUT2D eigenvalue weighted by Gasteiger charge is 2.11. The quantitative estimate of drug-likeness (QED) is 0.628. The molecule has 0 amide bonds. The highest BCUT2D eigenvalue weighted by atomic mass is 16.3. The average Bonchev–Trinajstić information content (AvgIpc) is 3.23. The molecular formula is C17H13N5O. The molecule has 3 aromatic heterocycles. The first-order chi connectivity index (χ1) is 11.3. The number of furan rings is 1. The third kappa shape index (κ3) is 2.57. The second-order valence-corrected chi connectivity index (χ2v) is 4.97. The Kier molecular flexibility index (Phi) is 3.12. The molecule has 1 aromatic carbocycles. The van der Waals surface area contributed by atoms with Crippen molar-refractivity contribution in [1.82, 2.24) is 19.6 Å². The molecule has 0 fully saturated rings. The lowest BCUT2D eigenvalue weighted by Gasteiger charge is -1.99. The van der Waals surface area contributed by atoms with Gasteiger partial charge in [-0.05, 0) is 23.8 Å². The Labute approximate surface area is 131 Å². The highest BCUT2D eigenvalue weighted by Crippen LogP contribution is 2.18. The number of nitrogen functional groups attached to an aromatic ring is 1. The van der Waals surface area contributed by atoms with E-state index in [2.05, 4.69) is 15.1 Å². The fourth-order valence-electron chi connectivity index (χ4n) is 2.27. The summed E-state index contributed by atoms with van der Waals surface area (Å²) in [6, 6.07) is 15.4. The molecule has 6 nitrogen and oxygen atoms in total. The molecule has 3 heterocycles. The first-order valence-electron chi connectivity index (χ1n) is 7.10. The van der Waals surface area contributed by atoms with E-state index in [1.54, 1.807) is 18.4 Å². The molecule has 0 aliphatic heterocycles. The van der Waals surface area contributed by atoms with Crippen molar-refractivity contribution < 1.29 is 4.42 Å². The molecule has 0 saturated carbocycles. The minimum Gasteiger partial charge on any atom is -0.461 e. The molecule has 23 heavy (non-hydrogen) atoms. The zero-order valence-electron chi connectivity index (χ0n) is 12.1. The van der Waals surface area contributed by atoms with Crippen molar-refractivity contribution >= 4 is 23.7 Å². The number of anilines is 1. The summed E-state index contributed by atoms with van der Waals surface area (Å²) < 4.78 is 6.81. The molecular weight excluding hydrogens is 290 g/mol. The predicted octanol–water partition coefficient (Wildman–Crippen LogP) is 3.14. The van der Waals surface area contributed by atoms with Crippen molar-refractivity contribution in [2.75, 3.05) is 5.73 Å². The van der Waals surface area contributed by atoms with E-state index < -0.39 is 0 Å². The number of hydrogen-bond acceptors (Lipinski definition) is 5. The molecule has 2 N–H and O–H groups in total. The normalized spacial score (nSPS) is 11.5. The summed E-state index contributed by atoms with van der Waals surface area (Å²) in [6.45, 7) is 0. The van der Waals surface area contributed by atoms with Gasteiger partial charge in [-0.15, -0.1) is 5.10 Å². The van der Waals surface area contributed by atoms with E-state index in [9.17, 15) is 0 Å². The van der Waals surface area contributed by atoms with E-state index in [0.29, 0.717) is 17.2 Å². The van der Waals surface area contributed by atoms with Gasteiger partial charge in [0.2, 0.25) is 11.8 Å². The van der Waals surface area contributed by atoms with Crippen molar-refractivity contribution in [3.05, 3.63) is 66.1 Å². The summed E-state index contributed by atoms with van der Waals surface area (Å²) in [5.74, 6) is 1.35. The second kappa shape index (κ2) is 5.42. The predicted molar refractivity (Wildman–Crippen MR) is 88.3 cm³/mol. The summed E-state index contributed by atoms with van der Waals surface area (Å²) in [7, 11) is 0. The number of fused-ring (bicyclic) bond motifs is 1. The Bertz CT molecular complexity index is 971. The number of nitrogens with zero attached hydrogens (tertiary/aromatic N) is 4. The maximum Gasteiger partial charge on any atom is 0.223 e. The Morgan fingerprint density at radius 1 is 1.00 bits per heavy atom. The van der Waals surface area contributed by atoms with E-state index in [1.165, 1.54) is 4.52 Å². The smallest absolute Gasteiger partial charge is 0.223 e. The van der Waals surface area contributed by atoms with Crippen molar-refractivity contribution in [2.24, 2.45) is 0 Å². The number of aromatic nitrogens is 4. The molecule has 0 atom stereocenters. The second-order valence-electron chi connectivity index (χ2n) is 4.97.